The van der Waals surface area contributed by atoms with Crippen molar-refractivity contribution in [3.8, 4) is 5.81 Å². The van der Waals surface area contributed by atoms with Crippen molar-refractivity contribution in [2.75, 3.05) is 20.2 Å². The van der Waals surface area contributed by atoms with Crippen LogP contribution in [0.1, 0.15) is 38.3 Å². The lowest BCUT2D eigenvalue weighted by atomic mass is 10.1. The van der Waals surface area contributed by atoms with Crippen LogP contribution in [0.5, 0.6) is 0 Å². The average molecular weight is 584 g/mol. The molecule has 2 aromatic rings. The monoisotopic (exact) mass is 583 g/mol. The van der Waals surface area contributed by atoms with Crippen LogP contribution in [0.2, 0.25) is 0 Å². The highest BCUT2D eigenvalue weighted by atomic mass is 31.0. The molecule has 1 aromatic carbocycles. The van der Waals surface area contributed by atoms with E-state index in [1.807, 2.05) is 33.5 Å². The number of rotatable bonds is 3. The molecule has 1 aliphatic heterocycles. The first-order chi connectivity index (χ1) is 18.7. The largest absolute Gasteiger partial charge is 0.470 e. The summed E-state index contributed by atoms with van der Waals surface area (Å²) in [4.78, 5) is 35.8. The average Bonchev–Trinajstić information content (AvgIpc) is 3.30. The van der Waals surface area contributed by atoms with Crippen molar-refractivity contribution < 1.29 is 32.3 Å². The van der Waals surface area contributed by atoms with E-state index >= 15 is 0 Å². The Morgan fingerprint density at radius 1 is 1.25 bits per heavy atom. The maximum absolute atomic E-state index is 11.8. The van der Waals surface area contributed by atoms with Gasteiger partial charge in [0.05, 0.1) is 18.3 Å². The number of hydrogen-bond acceptors (Lipinski definition) is 6. The van der Waals surface area contributed by atoms with Gasteiger partial charge in [-0.2, -0.15) is 18.4 Å². The number of alkyl halides is 3. The number of carbonyl (C=O) groups excluding carboxylic acids is 3. The molecule has 4 N–H and O–H groups in total. The summed E-state index contributed by atoms with van der Waals surface area (Å²) in [6.07, 6.45) is 2.27. The summed E-state index contributed by atoms with van der Waals surface area (Å²) in [6.45, 7) is 8.49. The lowest BCUT2D eigenvalue weighted by Gasteiger charge is -2.23. The number of nitrogens with zero attached hydrogens (tertiary/aromatic N) is 3. The number of likely N-dealkylation sites (tertiary alicyclic amines) is 1. The molecule has 2 unspecified atom stereocenters. The SMILES string of the molecule is CO[C@H](C)CC(=O)N1CC2[C@@H](C1)C2(C)C.N#CP.NC(=O)C(F)(F)F.NC=O.c1cc2c3c(cncc3c1)CC2. The number of primary amides is 2. The molecular weight excluding hydrogens is 546 g/mol. The van der Waals surface area contributed by atoms with Crippen molar-refractivity contribution in [2.45, 2.75) is 52.3 Å². The van der Waals surface area contributed by atoms with Gasteiger partial charge in [-0.1, -0.05) is 32.0 Å². The number of halogens is 3. The lowest BCUT2D eigenvalue weighted by Crippen LogP contribution is -2.34. The molecule has 13 heteroatoms. The maximum atomic E-state index is 11.8. The van der Waals surface area contributed by atoms with Crippen molar-refractivity contribution >= 4 is 38.2 Å². The van der Waals surface area contributed by atoms with Crippen LogP contribution < -0.4 is 11.5 Å². The minimum Gasteiger partial charge on any atom is -0.381 e. The number of benzene rings is 1. The molecule has 0 bridgehead atoms. The van der Waals surface area contributed by atoms with E-state index in [-0.39, 0.29) is 18.4 Å². The highest BCUT2D eigenvalue weighted by Crippen LogP contribution is 2.61. The Kier molecular flexibility index (Phi) is 13.4. The summed E-state index contributed by atoms with van der Waals surface area (Å²) in [7, 11) is 3.54. The number of aryl methyl sites for hydroxylation is 2. The summed E-state index contributed by atoms with van der Waals surface area (Å²) < 4.78 is 37.2. The minimum absolute atomic E-state index is 0.0439. The smallest absolute Gasteiger partial charge is 0.381 e. The van der Waals surface area contributed by atoms with Gasteiger partial charge in [0.1, 0.15) is 0 Å². The number of carbonyl (C=O) groups is 3. The molecule has 9 nitrogen and oxygen atoms in total. The van der Waals surface area contributed by atoms with Crippen molar-refractivity contribution in [1.29, 1.82) is 5.26 Å². The zero-order valence-electron chi connectivity index (χ0n) is 23.1. The van der Waals surface area contributed by atoms with Gasteiger partial charge in [0.25, 0.3) is 0 Å². The fourth-order valence-corrected chi connectivity index (χ4v) is 4.85. The van der Waals surface area contributed by atoms with E-state index in [1.54, 1.807) is 12.9 Å². The quantitative estimate of drug-likeness (QED) is 0.418. The molecule has 0 spiro atoms. The fraction of sp³-hybridized carbons (Fsp3) is 0.519. The second kappa shape index (κ2) is 15.5. The van der Waals surface area contributed by atoms with Crippen LogP contribution >= 0.6 is 9.24 Å². The van der Waals surface area contributed by atoms with Gasteiger partial charge in [0.15, 0.2) is 0 Å². The van der Waals surface area contributed by atoms with Crippen LogP contribution in [0.3, 0.4) is 0 Å². The Labute approximate surface area is 234 Å². The Morgan fingerprint density at radius 3 is 2.23 bits per heavy atom. The zero-order valence-corrected chi connectivity index (χ0v) is 24.2. The van der Waals surface area contributed by atoms with Crippen LogP contribution in [-0.4, -0.2) is 60.6 Å². The Bertz CT molecular complexity index is 1150. The predicted octanol–water partition coefficient (Wildman–Crippen LogP) is 3.34. The fourth-order valence-electron chi connectivity index (χ4n) is 4.85. The van der Waals surface area contributed by atoms with Crippen molar-refractivity contribution in [3.63, 3.8) is 0 Å². The van der Waals surface area contributed by atoms with Crippen LogP contribution in [0.15, 0.2) is 30.6 Å². The van der Waals surface area contributed by atoms with Crippen molar-refractivity contribution in [1.82, 2.24) is 9.88 Å². The summed E-state index contributed by atoms with van der Waals surface area (Å²) in [5.41, 5.74) is 11.4. The number of amides is 3. The molecule has 4 atom stereocenters. The molecule has 1 saturated heterocycles. The van der Waals surface area contributed by atoms with Crippen LogP contribution in [-0.2, 0) is 32.0 Å². The number of hydrogen-bond donors (Lipinski definition) is 2. The molecule has 2 fully saturated rings. The van der Waals surface area contributed by atoms with E-state index < -0.39 is 12.1 Å². The number of piperidine rings is 1. The van der Waals surface area contributed by atoms with Gasteiger partial charge in [-0.25, -0.2) is 0 Å². The maximum Gasteiger partial charge on any atom is 0.470 e. The summed E-state index contributed by atoms with van der Waals surface area (Å²) in [5.74, 6) is 1.17. The number of aromatic nitrogens is 1. The molecule has 2 aliphatic carbocycles. The third-order valence-corrected chi connectivity index (χ3v) is 7.23. The lowest BCUT2D eigenvalue weighted by molar-refractivity contribution is -0.169. The number of pyridine rings is 1. The number of nitrogens with two attached hydrogens (primary N) is 2. The second-order valence-electron chi connectivity index (χ2n) is 10.0. The van der Waals surface area contributed by atoms with Gasteiger partial charge >= 0.3 is 12.1 Å². The van der Waals surface area contributed by atoms with E-state index in [0.717, 1.165) is 24.9 Å². The summed E-state index contributed by atoms with van der Waals surface area (Å²) in [6, 6.07) is 6.48. The van der Waals surface area contributed by atoms with Crippen LogP contribution in [0.25, 0.3) is 10.8 Å². The van der Waals surface area contributed by atoms with E-state index in [0.29, 0.717) is 11.8 Å². The van der Waals surface area contributed by atoms with Gasteiger partial charge in [0.2, 0.25) is 12.3 Å². The zero-order chi connectivity index (χ0) is 30.7. The van der Waals surface area contributed by atoms with E-state index in [1.165, 1.54) is 34.7 Å². The Balaban J connectivity index is 0.000000286. The first-order valence-corrected chi connectivity index (χ1v) is 13.0. The first-order valence-electron chi connectivity index (χ1n) is 12.5. The van der Waals surface area contributed by atoms with Gasteiger partial charge in [-0.3, -0.25) is 19.4 Å². The summed E-state index contributed by atoms with van der Waals surface area (Å²) >= 11 is 0. The standard InChI is InChI=1S/C12H21NO2.C11H9N.C2H2F3NO.CH3NO.CH2NP/c1-8(15-4)5-11(14)13-6-9-10(7-13)12(9,2)3;1-2-8-4-5-10-7-12-6-9(3-1)11(8)10;3-2(4,5)1(6)7;2*2-1-3/h8-10H,5-7H2,1-4H3;1-3,6-7H,4-5H2;(H2,6,7);1H,(H2,2,3);3H2/t8-,9-,10?;;;;/m1..../s1. The molecule has 1 aromatic heterocycles. The minimum atomic E-state index is -4.86. The van der Waals surface area contributed by atoms with Gasteiger partial charge in [-0.05, 0) is 62.8 Å². The van der Waals surface area contributed by atoms with E-state index in [4.69, 9.17) is 19.6 Å². The predicted molar refractivity (Wildman–Crippen MR) is 148 cm³/mol. The van der Waals surface area contributed by atoms with E-state index in [2.05, 4.69) is 48.5 Å². The topological polar surface area (TPSA) is 152 Å². The highest BCUT2D eigenvalue weighted by molar-refractivity contribution is 7.23. The van der Waals surface area contributed by atoms with Crippen LogP contribution in [0, 0.1) is 28.3 Å². The van der Waals surface area contributed by atoms with E-state index in [9.17, 15) is 18.0 Å². The molecule has 2 heterocycles. The molecule has 3 amide bonds. The molecule has 1 saturated carbocycles. The number of nitriles is 1. The summed E-state index contributed by atoms with van der Waals surface area (Å²) in [5, 5.41) is 10.0. The second-order valence-corrected chi connectivity index (χ2v) is 10.3. The van der Waals surface area contributed by atoms with Crippen LogP contribution in [0.4, 0.5) is 13.2 Å². The Hall–Kier alpha value is -3.29. The molecule has 0 radical (unpaired) electrons. The number of ether oxygens (including phenoxy) is 1. The Morgan fingerprint density at radius 2 is 1.75 bits per heavy atom. The molecular formula is C27H37F3N5O4P. The number of fused-ring (bicyclic) bond motifs is 1. The van der Waals surface area contributed by atoms with Gasteiger partial charge < -0.3 is 21.1 Å². The van der Waals surface area contributed by atoms with Crippen molar-refractivity contribution in [3.05, 3.63) is 41.7 Å². The van der Waals surface area contributed by atoms with Crippen molar-refractivity contribution in [2.24, 2.45) is 28.7 Å². The first kappa shape index (κ1) is 34.7. The van der Waals surface area contributed by atoms with Gasteiger partial charge in [0, 0.05) is 38.0 Å². The molecule has 220 valence electrons. The number of methoxy groups -OCH3 is 1. The van der Waals surface area contributed by atoms with Gasteiger partial charge in [-0.15, -0.1) is 0 Å². The molecule has 3 aliphatic rings. The third kappa shape index (κ3) is 9.72. The molecule has 5 rings (SSSR count). The third-order valence-electron chi connectivity index (χ3n) is 7.23. The molecule has 40 heavy (non-hydrogen) atoms. The normalized spacial score (nSPS) is 19.3. The highest BCUT2D eigenvalue weighted by Gasteiger charge is 2.62.